The lowest BCUT2D eigenvalue weighted by atomic mass is 10.1. The average molecular weight is 305 g/mol. The minimum Gasteiger partial charge on any atom is -0.496 e. The van der Waals surface area contributed by atoms with Crippen molar-refractivity contribution in [2.45, 2.75) is 13.5 Å². The number of amides is 2. The molecule has 2 amide bonds. The highest BCUT2D eigenvalue weighted by Gasteiger charge is 2.21. The predicted octanol–water partition coefficient (Wildman–Crippen LogP) is 0.394. The molecule has 6 heteroatoms. The number of carbonyl (C=O) groups excluding carboxylic acids is 2. The number of methoxy groups -OCH3 is 1. The number of hydrogen-bond donors (Lipinski definition) is 1. The second kappa shape index (κ2) is 7.26. The van der Waals surface area contributed by atoms with Crippen LogP contribution >= 0.6 is 0 Å². The van der Waals surface area contributed by atoms with Gasteiger partial charge < -0.3 is 19.9 Å². The SMILES string of the molecule is COc1ccc(CN(C)C(=O)CN2CCNCC2=O)cc1C. The lowest BCUT2D eigenvalue weighted by Gasteiger charge is -2.28. The van der Waals surface area contributed by atoms with Crippen LogP contribution in [-0.4, -0.2) is 62.0 Å². The Kier molecular flexibility index (Phi) is 5.38. The zero-order valence-electron chi connectivity index (χ0n) is 13.4. The number of ether oxygens (including phenoxy) is 1. The monoisotopic (exact) mass is 305 g/mol. The molecule has 1 aromatic carbocycles. The van der Waals surface area contributed by atoms with Gasteiger partial charge in [-0.1, -0.05) is 12.1 Å². The molecule has 120 valence electrons. The minimum absolute atomic E-state index is 0.0201. The van der Waals surface area contributed by atoms with Crippen LogP contribution in [0.15, 0.2) is 18.2 Å². The molecule has 1 N–H and O–H groups in total. The van der Waals surface area contributed by atoms with Crippen molar-refractivity contribution in [1.82, 2.24) is 15.1 Å². The molecule has 6 nitrogen and oxygen atoms in total. The van der Waals surface area contributed by atoms with E-state index < -0.39 is 0 Å². The smallest absolute Gasteiger partial charge is 0.242 e. The minimum atomic E-state index is -0.0521. The van der Waals surface area contributed by atoms with Crippen molar-refractivity contribution >= 4 is 11.8 Å². The van der Waals surface area contributed by atoms with Gasteiger partial charge in [0.15, 0.2) is 0 Å². The van der Waals surface area contributed by atoms with Crippen LogP contribution in [-0.2, 0) is 16.1 Å². The van der Waals surface area contributed by atoms with E-state index in [4.69, 9.17) is 4.74 Å². The van der Waals surface area contributed by atoms with Gasteiger partial charge in [-0.2, -0.15) is 0 Å². The normalized spacial score (nSPS) is 14.9. The van der Waals surface area contributed by atoms with Crippen molar-refractivity contribution in [3.8, 4) is 5.75 Å². The van der Waals surface area contributed by atoms with Gasteiger partial charge in [0, 0.05) is 26.7 Å². The van der Waals surface area contributed by atoms with E-state index >= 15 is 0 Å². The number of nitrogens with zero attached hydrogens (tertiary/aromatic N) is 2. The van der Waals surface area contributed by atoms with Crippen molar-refractivity contribution in [2.75, 3.05) is 40.3 Å². The first-order chi connectivity index (χ1) is 10.5. The Hall–Kier alpha value is -2.08. The van der Waals surface area contributed by atoms with Gasteiger partial charge in [0.05, 0.1) is 20.2 Å². The molecule has 0 saturated carbocycles. The van der Waals surface area contributed by atoms with Crippen LogP contribution < -0.4 is 10.1 Å². The van der Waals surface area contributed by atoms with Crippen molar-refractivity contribution in [2.24, 2.45) is 0 Å². The standard InChI is InChI=1S/C16H23N3O3/c1-12-8-13(4-5-14(12)22-3)10-18(2)16(21)11-19-7-6-17-9-15(19)20/h4-5,8,17H,6-7,9-11H2,1-3H3. The fourth-order valence-corrected chi connectivity index (χ4v) is 2.50. The highest BCUT2D eigenvalue weighted by molar-refractivity contribution is 5.86. The first-order valence-corrected chi connectivity index (χ1v) is 7.37. The molecule has 1 saturated heterocycles. The molecule has 0 unspecified atom stereocenters. The van der Waals surface area contributed by atoms with E-state index in [1.165, 1.54) is 0 Å². The fraction of sp³-hybridized carbons (Fsp3) is 0.500. The number of carbonyl (C=O) groups is 2. The molecule has 0 bridgehead atoms. The fourth-order valence-electron chi connectivity index (χ4n) is 2.50. The molecule has 0 spiro atoms. The molecule has 0 aromatic heterocycles. The summed E-state index contributed by atoms with van der Waals surface area (Å²) in [6.07, 6.45) is 0. The molecule has 2 rings (SSSR count). The maximum absolute atomic E-state index is 12.3. The number of benzene rings is 1. The first kappa shape index (κ1) is 16.3. The number of aryl methyl sites for hydroxylation is 1. The van der Waals surface area contributed by atoms with E-state index in [2.05, 4.69) is 5.32 Å². The topological polar surface area (TPSA) is 61.9 Å². The number of hydrogen-bond acceptors (Lipinski definition) is 4. The second-order valence-corrected chi connectivity index (χ2v) is 5.55. The summed E-state index contributed by atoms with van der Waals surface area (Å²) < 4.78 is 5.23. The van der Waals surface area contributed by atoms with Gasteiger partial charge >= 0.3 is 0 Å². The van der Waals surface area contributed by atoms with Gasteiger partial charge in [0.25, 0.3) is 0 Å². The molecule has 1 heterocycles. The molecular weight excluding hydrogens is 282 g/mol. The van der Waals surface area contributed by atoms with E-state index in [9.17, 15) is 9.59 Å². The van der Waals surface area contributed by atoms with Crippen LogP contribution in [0.3, 0.4) is 0 Å². The summed E-state index contributed by atoms with van der Waals surface area (Å²) in [6, 6.07) is 5.87. The van der Waals surface area contributed by atoms with Gasteiger partial charge in [-0.3, -0.25) is 9.59 Å². The maximum Gasteiger partial charge on any atom is 0.242 e. The van der Waals surface area contributed by atoms with Crippen molar-refractivity contribution in [3.63, 3.8) is 0 Å². The average Bonchev–Trinajstić information content (AvgIpc) is 2.49. The van der Waals surface area contributed by atoms with Crippen molar-refractivity contribution in [1.29, 1.82) is 0 Å². The van der Waals surface area contributed by atoms with Crippen LogP contribution in [0.2, 0.25) is 0 Å². The van der Waals surface area contributed by atoms with Gasteiger partial charge in [0.1, 0.15) is 5.75 Å². The largest absolute Gasteiger partial charge is 0.496 e. The summed E-state index contributed by atoms with van der Waals surface area (Å²) in [4.78, 5) is 27.2. The highest BCUT2D eigenvalue weighted by atomic mass is 16.5. The van der Waals surface area contributed by atoms with Crippen LogP contribution in [0.1, 0.15) is 11.1 Å². The summed E-state index contributed by atoms with van der Waals surface area (Å²) >= 11 is 0. The van der Waals surface area contributed by atoms with E-state index in [-0.39, 0.29) is 18.4 Å². The van der Waals surface area contributed by atoms with E-state index in [0.29, 0.717) is 19.6 Å². The summed E-state index contributed by atoms with van der Waals surface area (Å²) in [5.74, 6) is 0.765. The Morgan fingerprint density at radius 2 is 2.23 bits per heavy atom. The molecule has 1 aliphatic heterocycles. The summed E-state index contributed by atoms with van der Waals surface area (Å²) in [7, 11) is 3.40. The summed E-state index contributed by atoms with van der Waals surface area (Å²) in [6.45, 7) is 4.27. The quantitative estimate of drug-likeness (QED) is 0.855. The third-order valence-electron chi connectivity index (χ3n) is 3.82. The van der Waals surface area contributed by atoms with Crippen molar-refractivity contribution in [3.05, 3.63) is 29.3 Å². The van der Waals surface area contributed by atoms with Crippen LogP contribution in [0.5, 0.6) is 5.75 Å². The summed E-state index contributed by atoms with van der Waals surface area (Å²) in [5, 5.41) is 3.00. The van der Waals surface area contributed by atoms with Crippen LogP contribution in [0.4, 0.5) is 0 Å². The zero-order chi connectivity index (χ0) is 16.1. The molecule has 1 fully saturated rings. The van der Waals surface area contributed by atoms with E-state index in [1.807, 2.05) is 25.1 Å². The molecule has 1 aliphatic rings. The third kappa shape index (κ3) is 3.98. The molecule has 0 atom stereocenters. The summed E-state index contributed by atoms with van der Waals surface area (Å²) in [5.41, 5.74) is 2.08. The Bertz CT molecular complexity index is 560. The number of nitrogens with one attached hydrogen (secondary N) is 1. The molecule has 1 aromatic rings. The van der Waals surface area contributed by atoms with Crippen LogP contribution in [0.25, 0.3) is 0 Å². The molecule has 22 heavy (non-hydrogen) atoms. The molecule has 0 radical (unpaired) electrons. The number of rotatable bonds is 5. The first-order valence-electron chi connectivity index (χ1n) is 7.37. The van der Waals surface area contributed by atoms with Gasteiger partial charge in [-0.25, -0.2) is 0 Å². The zero-order valence-corrected chi connectivity index (χ0v) is 13.4. The maximum atomic E-state index is 12.3. The number of piperazine rings is 1. The lowest BCUT2D eigenvalue weighted by Crippen LogP contribution is -2.51. The number of likely N-dealkylation sites (N-methyl/N-ethyl adjacent to an activating group) is 1. The van der Waals surface area contributed by atoms with E-state index in [1.54, 1.807) is 24.0 Å². The highest BCUT2D eigenvalue weighted by Crippen LogP contribution is 2.19. The second-order valence-electron chi connectivity index (χ2n) is 5.55. The Morgan fingerprint density at radius 1 is 1.45 bits per heavy atom. The van der Waals surface area contributed by atoms with Gasteiger partial charge in [-0.05, 0) is 24.1 Å². The Balaban J connectivity index is 1.93. The Labute approximate surface area is 131 Å². The van der Waals surface area contributed by atoms with Crippen LogP contribution in [0, 0.1) is 6.92 Å². The van der Waals surface area contributed by atoms with E-state index in [0.717, 1.165) is 23.4 Å². The molecule has 0 aliphatic carbocycles. The van der Waals surface area contributed by atoms with Crippen molar-refractivity contribution < 1.29 is 14.3 Å². The predicted molar refractivity (Wildman–Crippen MR) is 83.7 cm³/mol. The van der Waals surface area contributed by atoms with Gasteiger partial charge in [-0.15, -0.1) is 0 Å². The Morgan fingerprint density at radius 3 is 2.86 bits per heavy atom. The lowest BCUT2D eigenvalue weighted by molar-refractivity contribution is -0.140. The van der Waals surface area contributed by atoms with Gasteiger partial charge in [0.2, 0.25) is 11.8 Å². The third-order valence-corrected chi connectivity index (χ3v) is 3.82. The molecular formula is C16H23N3O3.